The van der Waals surface area contributed by atoms with Gasteiger partial charge in [-0.25, -0.2) is 4.68 Å². The van der Waals surface area contributed by atoms with Gasteiger partial charge in [0.2, 0.25) is 0 Å². The van der Waals surface area contributed by atoms with Gasteiger partial charge in [-0.2, -0.15) is 18.3 Å². The predicted octanol–water partition coefficient (Wildman–Crippen LogP) is 3.14. The van der Waals surface area contributed by atoms with E-state index in [1.165, 1.54) is 16.9 Å². The zero-order chi connectivity index (χ0) is 18.0. The summed E-state index contributed by atoms with van der Waals surface area (Å²) in [5.74, 6) is -0.0996. The highest BCUT2D eigenvalue weighted by Crippen LogP contribution is 2.42. The molecule has 3 rings (SSSR count). The normalized spacial score (nSPS) is 14.0. The van der Waals surface area contributed by atoms with Crippen molar-refractivity contribution in [3.8, 4) is 5.69 Å². The number of nitrogens with zero attached hydrogens (tertiary/aromatic N) is 2. The van der Waals surface area contributed by atoms with Gasteiger partial charge >= 0.3 is 6.18 Å². The summed E-state index contributed by atoms with van der Waals surface area (Å²) in [5, 5.41) is 9.92. The van der Waals surface area contributed by atoms with Gasteiger partial charge < -0.3 is 10.6 Å². The monoisotopic (exact) mass is 388 g/mol. The molecule has 0 aliphatic heterocycles. The van der Waals surface area contributed by atoms with Gasteiger partial charge in [0.25, 0.3) is 5.91 Å². The molecule has 0 radical (unpaired) electrons. The maximum atomic E-state index is 13.0. The molecule has 1 aliphatic rings. The lowest BCUT2D eigenvalue weighted by atomic mass is 10.1. The van der Waals surface area contributed by atoms with Gasteiger partial charge in [0.05, 0.1) is 28.7 Å². The molecule has 2 aromatic rings. The zero-order valence-electron chi connectivity index (χ0n) is 14.1. The summed E-state index contributed by atoms with van der Waals surface area (Å²) in [6.45, 7) is 1.10. The number of carbonyl (C=O) groups excluding carboxylic acids is 1. The second-order valence-electron chi connectivity index (χ2n) is 6.04. The highest BCUT2D eigenvalue weighted by Gasteiger charge is 2.34. The minimum atomic E-state index is -4.42. The van der Waals surface area contributed by atoms with Crippen LogP contribution in [0.5, 0.6) is 0 Å². The summed E-state index contributed by atoms with van der Waals surface area (Å²) in [6, 6.07) is 5.00. The fourth-order valence-corrected chi connectivity index (χ4v) is 2.70. The van der Waals surface area contributed by atoms with Crippen LogP contribution in [0.1, 0.15) is 40.4 Å². The van der Waals surface area contributed by atoms with Crippen molar-refractivity contribution in [2.75, 3.05) is 20.1 Å². The lowest BCUT2D eigenvalue weighted by molar-refractivity contribution is -0.137. The first kappa shape index (κ1) is 20.3. The fourth-order valence-electron chi connectivity index (χ4n) is 2.70. The molecule has 1 aromatic carbocycles. The fraction of sp³-hybridized carbons (Fsp3) is 0.412. The maximum absolute atomic E-state index is 13.0. The van der Waals surface area contributed by atoms with Crippen LogP contribution in [0.4, 0.5) is 13.2 Å². The molecule has 1 aliphatic carbocycles. The van der Waals surface area contributed by atoms with Crippen LogP contribution < -0.4 is 10.6 Å². The van der Waals surface area contributed by atoms with Gasteiger partial charge in [-0.3, -0.25) is 4.79 Å². The first-order valence-corrected chi connectivity index (χ1v) is 8.10. The molecule has 0 spiro atoms. The van der Waals surface area contributed by atoms with Crippen LogP contribution in [0.25, 0.3) is 5.69 Å². The Morgan fingerprint density at radius 2 is 2.04 bits per heavy atom. The van der Waals surface area contributed by atoms with Gasteiger partial charge in [0, 0.05) is 19.0 Å². The highest BCUT2D eigenvalue weighted by molar-refractivity contribution is 5.95. The summed E-state index contributed by atoms with van der Waals surface area (Å²) in [5.41, 5.74) is 0.686. The summed E-state index contributed by atoms with van der Waals surface area (Å²) in [6.07, 6.45) is -1.18. The number of amides is 1. The Bertz CT molecular complexity index is 772. The molecule has 2 N–H and O–H groups in total. The molecule has 5 nitrogen and oxygen atoms in total. The molecule has 1 amide bonds. The minimum Gasteiger partial charge on any atom is -0.351 e. The first-order chi connectivity index (χ1) is 11.9. The predicted molar refractivity (Wildman–Crippen MR) is 94.0 cm³/mol. The molecule has 0 unspecified atom stereocenters. The van der Waals surface area contributed by atoms with Crippen LogP contribution in [-0.2, 0) is 6.18 Å². The van der Waals surface area contributed by atoms with E-state index >= 15 is 0 Å². The topological polar surface area (TPSA) is 58.9 Å². The van der Waals surface area contributed by atoms with E-state index in [9.17, 15) is 18.0 Å². The number of nitrogens with one attached hydrogen (secondary N) is 2. The van der Waals surface area contributed by atoms with Crippen LogP contribution in [0.2, 0.25) is 0 Å². The zero-order valence-corrected chi connectivity index (χ0v) is 15.0. The van der Waals surface area contributed by atoms with Gasteiger partial charge in [-0.05, 0) is 38.1 Å². The van der Waals surface area contributed by atoms with E-state index in [1.54, 1.807) is 13.1 Å². The first-order valence-electron chi connectivity index (χ1n) is 8.10. The van der Waals surface area contributed by atoms with Crippen LogP contribution in [0.15, 0.2) is 30.5 Å². The number of rotatable bonds is 6. The Kier molecular flexibility index (Phi) is 6.30. The molecule has 9 heteroatoms. The van der Waals surface area contributed by atoms with Crippen molar-refractivity contribution in [2.24, 2.45) is 0 Å². The molecule has 0 bridgehead atoms. The lowest BCUT2D eigenvalue weighted by Gasteiger charge is -2.12. The van der Waals surface area contributed by atoms with Crippen molar-refractivity contribution in [3.05, 3.63) is 47.3 Å². The SMILES string of the molecule is CNCCNC(=O)c1cnn(-c2cccc(C(F)(F)F)c2)c1C1CC1.Cl. The highest BCUT2D eigenvalue weighted by atomic mass is 35.5. The van der Waals surface area contributed by atoms with E-state index in [4.69, 9.17) is 0 Å². The molecular formula is C17H20ClF3N4O. The third-order valence-electron chi connectivity index (χ3n) is 4.09. The lowest BCUT2D eigenvalue weighted by Crippen LogP contribution is -2.30. The van der Waals surface area contributed by atoms with Crippen LogP contribution >= 0.6 is 12.4 Å². The summed E-state index contributed by atoms with van der Waals surface area (Å²) < 4.78 is 40.3. The number of halogens is 4. The quantitative estimate of drug-likeness (QED) is 0.747. The number of likely N-dealkylation sites (N-methyl/N-ethyl adjacent to an activating group) is 1. The Labute approximate surface area is 155 Å². The van der Waals surface area contributed by atoms with Crippen LogP contribution in [0, 0.1) is 0 Å². The Hall–Kier alpha value is -2.06. The number of aromatic nitrogens is 2. The summed E-state index contributed by atoms with van der Waals surface area (Å²) in [7, 11) is 1.79. The number of hydrogen-bond acceptors (Lipinski definition) is 3. The van der Waals surface area contributed by atoms with Crippen molar-refractivity contribution in [1.82, 2.24) is 20.4 Å². The van der Waals surface area contributed by atoms with Crippen molar-refractivity contribution in [3.63, 3.8) is 0 Å². The van der Waals surface area contributed by atoms with E-state index in [0.29, 0.717) is 30.0 Å². The van der Waals surface area contributed by atoms with Gasteiger partial charge in [-0.15, -0.1) is 12.4 Å². The van der Waals surface area contributed by atoms with E-state index in [-0.39, 0.29) is 24.2 Å². The Morgan fingerprint density at radius 1 is 1.31 bits per heavy atom. The number of benzene rings is 1. The van der Waals surface area contributed by atoms with Gasteiger partial charge in [0.15, 0.2) is 0 Å². The van der Waals surface area contributed by atoms with E-state index in [0.717, 1.165) is 25.0 Å². The van der Waals surface area contributed by atoms with Crippen molar-refractivity contribution in [1.29, 1.82) is 0 Å². The Balaban J connectivity index is 0.00000243. The number of hydrogen-bond donors (Lipinski definition) is 2. The smallest absolute Gasteiger partial charge is 0.351 e. The summed E-state index contributed by atoms with van der Waals surface area (Å²) >= 11 is 0. The molecule has 1 fully saturated rings. The standard InChI is InChI=1S/C17H19F3N4O.ClH/c1-21-7-8-22-16(25)14-10-23-24(15(14)11-5-6-11)13-4-2-3-12(9-13)17(18,19)20;/h2-4,9-11,21H,5-8H2,1H3,(H,22,25);1H. The second kappa shape index (κ2) is 8.09. The van der Waals surface area contributed by atoms with Crippen molar-refractivity contribution < 1.29 is 18.0 Å². The van der Waals surface area contributed by atoms with E-state index in [2.05, 4.69) is 15.7 Å². The van der Waals surface area contributed by atoms with Crippen LogP contribution in [-0.4, -0.2) is 35.8 Å². The molecule has 1 aromatic heterocycles. The molecule has 26 heavy (non-hydrogen) atoms. The van der Waals surface area contributed by atoms with E-state index < -0.39 is 11.7 Å². The maximum Gasteiger partial charge on any atom is 0.416 e. The van der Waals surface area contributed by atoms with E-state index in [1.807, 2.05) is 0 Å². The molecular weight excluding hydrogens is 369 g/mol. The Morgan fingerprint density at radius 3 is 2.65 bits per heavy atom. The number of alkyl halides is 3. The summed E-state index contributed by atoms with van der Waals surface area (Å²) in [4.78, 5) is 12.4. The molecule has 1 heterocycles. The second-order valence-corrected chi connectivity index (χ2v) is 6.04. The number of carbonyl (C=O) groups is 1. The average Bonchev–Trinajstić information content (AvgIpc) is 3.32. The van der Waals surface area contributed by atoms with Crippen LogP contribution in [0.3, 0.4) is 0 Å². The minimum absolute atomic E-state index is 0. The molecule has 142 valence electrons. The third-order valence-corrected chi connectivity index (χ3v) is 4.09. The molecule has 1 saturated carbocycles. The van der Waals surface area contributed by atoms with Crippen molar-refractivity contribution in [2.45, 2.75) is 24.9 Å². The largest absolute Gasteiger partial charge is 0.416 e. The molecule has 0 atom stereocenters. The average molecular weight is 389 g/mol. The molecule has 0 saturated heterocycles. The van der Waals surface area contributed by atoms with Crippen molar-refractivity contribution >= 4 is 18.3 Å². The van der Waals surface area contributed by atoms with Gasteiger partial charge in [0.1, 0.15) is 0 Å². The third kappa shape index (κ3) is 4.37. The van der Waals surface area contributed by atoms with Gasteiger partial charge in [-0.1, -0.05) is 6.07 Å².